The van der Waals surface area contributed by atoms with Gasteiger partial charge in [0.2, 0.25) is 5.91 Å². The first-order valence-electron chi connectivity index (χ1n) is 6.26. The minimum Gasteiger partial charge on any atom is -0.467 e. The lowest BCUT2D eigenvalue weighted by Gasteiger charge is -2.16. The number of benzene rings is 1. The molecule has 0 heterocycles. The molecule has 0 saturated heterocycles. The summed E-state index contributed by atoms with van der Waals surface area (Å²) in [5.41, 5.74) is 0.838. The average Bonchev–Trinajstić information content (AvgIpc) is 2.43. The van der Waals surface area contributed by atoms with Crippen molar-refractivity contribution in [2.24, 2.45) is 0 Å². The number of esters is 1. The smallest absolute Gasteiger partial charge is 0.328 e. The Morgan fingerprint density at radius 1 is 1.40 bits per heavy atom. The van der Waals surface area contributed by atoms with E-state index in [2.05, 4.69) is 5.32 Å². The van der Waals surface area contributed by atoms with Crippen molar-refractivity contribution in [1.29, 1.82) is 0 Å². The van der Waals surface area contributed by atoms with Crippen LogP contribution in [0.5, 0.6) is 0 Å². The molecule has 0 aromatic heterocycles. The molecule has 110 valence electrons. The van der Waals surface area contributed by atoms with E-state index in [1.54, 1.807) is 25.1 Å². The van der Waals surface area contributed by atoms with E-state index >= 15 is 0 Å². The van der Waals surface area contributed by atoms with Gasteiger partial charge in [-0.1, -0.05) is 23.7 Å². The third kappa shape index (κ3) is 5.59. The van der Waals surface area contributed by atoms with E-state index in [0.717, 1.165) is 5.56 Å². The first kappa shape index (κ1) is 16.5. The molecule has 0 bridgehead atoms. The fourth-order valence-corrected chi connectivity index (χ4v) is 1.88. The van der Waals surface area contributed by atoms with Gasteiger partial charge in [0.1, 0.15) is 12.6 Å². The summed E-state index contributed by atoms with van der Waals surface area (Å²) in [6.07, 6.45) is 0.311. The molecule has 20 heavy (non-hydrogen) atoms. The van der Waals surface area contributed by atoms with Crippen molar-refractivity contribution in [3.05, 3.63) is 34.9 Å². The molecule has 0 saturated carbocycles. The van der Waals surface area contributed by atoms with Crippen molar-refractivity contribution >= 4 is 23.5 Å². The Morgan fingerprint density at radius 3 is 2.75 bits per heavy atom. The summed E-state index contributed by atoms with van der Waals surface area (Å²) in [4.78, 5) is 23.3. The Balaban J connectivity index is 2.69. The maximum absolute atomic E-state index is 11.7. The van der Waals surface area contributed by atoms with Gasteiger partial charge in [-0.15, -0.1) is 0 Å². The summed E-state index contributed by atoms with van der Waals surface area (Å²) >= 11 is 5.89. The molecule has 0 aliphatic heterocycles. The molecule has 1 atom stereocenters. The zero-order valence-corrected chi connectivity index (χ0v) is 12.3. The predicted octanol–water partition coefficient (Wildman–Crippen LogP) is 1.58. The number of nitrogens with one attached hydrogen (secondary N) is 1. The highest BCUT2D eigenvalue weighted by Crippen LogP contribution is 2.12. The third-order valence-electron chi connectivity index (χ3n) is 2.59. The van der Waals surface area contributed by atoms with Crippen LogP contribution in [0.2, 0.25) is 5.02 Å². The highest BCUT2D eigenvalue weighted by Gasteiger charge is 2.21. The molecule has 0 aliphatic carbocycles. The topological polar surface area (TPSA) is 64.6 Å². The van der Waals surface area contributed by atoms with Crippen LogP contribution in [0, 0.1) is 0 Å². The summed E-state index contributed by atoms with van der Waals surface area (Å²) in [7, 11) is 1.28. The van der Waals surface area contributed by atoms with Gasteiger partial charge in [0.15, 0.2) is 0 Å². The fourth-order valence-electron chi connectivity index (χ4n) is 1.67. The third-order valence-corrected chi connectivity index (χ3v) is 2.82. The van der Waals surface area contributed by atoms with Crippen LogP contribution < -0.4 is 5.32 Å². The molecule has 0 radical (unpaired) electrons. The van der Waals surface area contributed by atoms with Crippen LogP contribution in [0.15, 0.2) is 24.3 Å². The second kappa shape index (κ2) is 8.55. The molecule has 0 aliphatic rings. The molecular weight excluding hydrogens is 282 g/mol. The number of halogens is 1. The lowest BCUT2D eigenvalue weighted by molar-refractivity contribution is -0.145. The lowest BCUT2D eigenvalue weighted by atomic mass is 10.1. The minimum absolute atomic E-state index is 0.0838. The first-order valence-corrected chi connectivity index (χ1v) is 6.64. The van der Waals surface area contributed by atoms with Crippen molar-refractivity contribution in [3.8, 4) is 0 Å². The van der Waals surface area contributed by atoms with E-state index in [1.165, 1.54) is 7.11 Å². The molecule has 0 unspecified atom stereocenters. The predicted molar refractivity (Wildman–Crippen MR) is 75.6 cm³/mol. The molecular formula is C14H18ClNO4. The van der Waals surface area contributed by atoms with Gasteiger partial charge < -0.3 is 14.8 Å². The summed E-state index contributed by atoms with van der Waals surface area (Å²) in [5.74, 6) is -0.862. The molecule has 1 amide bonds. The van der Waals surface area contributed by atoms with E-state index in [4.69, 9.17) is 21.1 Å². The van der Waals surface area contributed by atoms with Crippen LogP contribution in [0.25, 0.3) is 0 Å². The van der Waals surface area contributed by atoms with Crippen molar-refractivity contribution in [1.82, 2.24) is 5.32 Å². The SMILES string of the molecule is CCOCC(=O)N[C@H](Cc1cccc(Cl)c1)C(=O)OC. The van der Waals surface area contributed by atoms with Crippen LogP contribution >= 0.6 is 11.6 Å². The fraction of sp³-hybridized carbons (Fsp3) is 0.429. The maximum Gasteiger partial charge on any atom is 0.328 e. The van der Waals surface area contributed by atoms with Gasteiger partial charge in [0, 0.05) is 18.1 Å². The van der Waals surface area contributed by atoms with Crippen molar-refractivity contribution < 1.29 is 19.1 Å². The first-order chi connectivity index (χ1) is 9.56. The highest BCUT2D eigenvalue weighted by atomic mass is 35.5. The highest BCUT2D eigenvalue weighted by molar-refractivity contribution is 6.30. The van der Waals surface area contributed by atoms with Gasteiger partial charge in [-0.25, -0.2) is 4.79 Å². The Kier molecular flexibility index (Phi) is 7.04. The van der Waals surface area contributed by atoms with Crippen molar-refractivity contribution in [2.75, 3.05) is 20.3 Å². The van der Waals surface area contributed by atoms with Crippen molar-refractivity contribution in [2.45, 2.75) is 19.4 Å². The average molecular weight is 300 g/mol. The molecule has 0 fully saturated rings. The Morgan fingerprint density at radius 2 is 2.15 bits per heavy atom. The van der Waals surface area contributed by atoms with Gasteiger partial charge in [0.05, 0.1) is 7.11 Å². The summed E-state index contributed by atoms with van der Waals surface area (Å²) < 4.78 is 9.69. The van der Waals surface area contributed by atoms with Gasteiger partial charge in [-0.3, -0.25) is 4.79 Å². The van der Waals surface area contributed by atoms with Gasteiger partial charge in [-0.2, -0.15) is 0 Å². The maximum atomic E-state index is 11.7. The zero-order chi connectivity index (χ0) is 15.0. The van der Waals surface area contributed by atoms with Gasteiger partial charge >= 0.3 is 5.97 Å². The van der Waals surface area contributed by atoms with Crippen LogP contribution in [0.4, 0.5) is 0 Å². The van der Waals surface area contributed by atoms with Crippen LogP contribution in [-0.4, -0.2) is 38.2 Å². The molecule has 6 heteroatoms. The number of carbonyl (C=O) groups is 2. The van der Waals surface area contributed by atoms with E-state index in [9.17, 15) is 9.59 Å². The number of amides is 1. The Hall–Kier alpha value is -1.59. The number of ether oxygens (including phenoxy) is 2. The normalized spacial score (nSPS) is 11.8. The number of methoxy groups -OCH3 is 1. The lowest BCUT2D eigenvalue weighted by Crippen LogP contribution is -2.44. The molecule has 0 spiro atoms. The minimum atomic E-state index is -0.758. The molecule has 5 nitrogen and oxygen atoms in total. The van der Waals surface area contributed by atoms with Gasteiger partial charge in [-0.05, 0) is 24.6 Å². The standard InChI is InChI=1S/C14H18ClNO4/c1-3-20-9-13(17)16-12(14(18)19-2)8-10-5-4-6-11(15)7-10/h4-7,12H,3,8-9H2,1-2H3,(H,16,17)/t12-/m1/s1. The summed E-state index contributed by atoms with van der Waals surface area (Å²) in [6, 6.07) is 6.34. The number of hydrogen-bond acceptors (Lipinski definition) is 4. The number of carbonyl (C=O) groups excluding carboxylic acids is 2. The van der Waals surface area contributed by atoms with Crippen LogP contribution in [0.1, 0.15) is 12.5 Å². The van der Waals surface area contributed by atoms with Crippen LogP contribution in [0.3, 0.4) is 0 Å². The summed E-state index contributed by atoms with van der Waals surface area (Å²) in [6.45, 7) is 2.14. The largest absolute Gasteiger partial charge is 0.467 e. The second-order valence-electron chi connectivity index (χ2n) is 4.11. The Labute approximate surface area is 123 Å². The second-order valence-corrected chi connectivity index (χ2v) is 4.55. The van der Waals surface area contributed by atoms with Crippen molar-refractivity contribution in [3.63, 3.8) is 0 Å². The summed E-state index contributed by atoms with van der Waals surface area (Å²) in [5, 5.41) is 3.16. The molecule has 1 aromatic carbocycles. The van der Waals surface area contributed by atoms with E-state index < -0.39 is 12.0 Å². The van der Waals surface area contributed by atoms with Crippen LogP contribution in [-0.2, 0) is 25.5 Å². The van der Waals surface area contributed by atoms with E-state index in [1.807, 2.05) is 6.07 Å². The van der Waals surface area contributed by atoms with E-state index in [0.29, 0.717) is 18.1 Å². The monoisotopic (exact) mass is 299 g/mol. The molecule has 1 N–H and O–H groups in total. The number of hydrogen-bond donors (Lipinski definition) is 1. The van der Waals surface area contributed by atoms with E-state index in [-0.39, 0.29) is 12.5 Å². The zero-order valence-electron chi connectivity index (χ0n) is 11.5. The molecule has 1 rings (SSSR count). The van der Waals surface area contributed by atoms with Gasteiger partial charge in [0.25, 0.3) is 0 Å². The quantitative estimate of drug-likeness (QED) is 0.776. The number of rotatable bonds is 7. The Bertz CT molecular complexity index is 464. The molecule has 1 aromatic rings.